The largest absolute Gasteiger partial charge is 0.362 e. The number of hydrogen-bond acceptors (Lipinski definition) is 5. The molecule has 5 nitrogen and oxygen atoms in total. The van der Waals surface area contributed by atoms with E-state index in [1.54, 1.807) is 0 Å². The van der Waals surface area contributed by atoms with Gasteiger partial charge in [-0.25, -0.2) is 26.9 Å². The van der Waals surface area contributed by atoms with Crippen molar-refractivity contribution in [3.05, 3.63) is 47.3 Å². The standard InChI is InChI=1S/C24H28F5N5/c1-24(29)16(18(25)19(26)20(27)21(24)28)12-30-13-8-10-14(11-9-13)31-23-32-17-7-5-4-6-15(17)22(33-23)34(2)3/h4-7,13-14,21,30H,8-12H2,1-3H3,(H,31,32,33). The molecule has 2 aromatic rings. The van der Waals surface area contributed by atoms with Crippen molar-refractivity contribution in [2.45, 2.75) is 56.5 Å². The van der Waals surface area contributed by atoms with Crippen molar-refractivity contribution < 1.29 is 22.0 Å². The first-order valence-corrected chi connectivity index (χ1v) is 11.3. The lowest BCUT2D eigenvalue weighted by atomic mass is 9.85. The molecule has 2 unspecified atom stereocenters. The summed E-state index contributed by atoms with van der Waals surface area (Å²) < 4.78 is 69.8. The molecular formula is C24H28F5N5. The summed E-state index contributed by atoms with van der Waals surface area (Å²) in [4.78, 5) is 11.2. The fraction of sp³-hybridized carbons (Fsp3) is 0.500. The van der Waals surface area contributed by atoms with Gasteiger partial charge in [-0.1, -0.05) is 12.1 Å². The molecule has 1 heterocycles. The molecule has 2 atom stereocenters. The first kappa shape index (κ1) is 24.4. The van der Waals surface area contributed by atoms with Gasteiger partial charge >= 0.3 is 0 Å². The molecule has 2 aliphatic rings. The predicted octanol–water partition coefficient (Wildman–Crippen LogP) is 5.46. The van der Waals surface area contributed by atoms with E-state index in [1.807, 2.05) is 43.3 Å². The molecule has 184 valence electrons. The summed E-state index contributed by atoms with van der Waals surface area (Å²) in [6.45, 7) is 0.329. The van der Waals surface area contributed by atoms with Gasteiger partial charge < -0.3 is 15.5 Å². The van der Waals surface area contributed by atoms with Crippen LogP contribution in [0.1, 0.15) is 32.6 Å². The van der Waals surface area contributed by atoms with Crippen molar-refractivity contribution in [3.63, 3.8) is 0 Å². The van der Waals surface area contributed by atoms with Crippen LogP contribution in [0.2, 0.25) is 0 Å². The number of fused-ring (bicyclic) bond motifs is 1. The third-order valence-electron chi connectivity index (χ3n) is 6.59. The third kappa shape index (κ3) is 4.60. The maximum absolute atomic E-state index is 14.7. The molecule has 1 saturated carbocycles. The van der Waals surface area contributed by atoms with E-state index in [2.05, 4.69) is 20.6 Å². The fourth-order valence-electron chi connectivity index (χ4n) is 4.54. The van der Waals surface area contributed by atoms with Crippen molar-refractivity contribution >= 4 is 22.7 Å². The summed E-state index contributed by atoms with van der Waals surface area (Å²) in [5.74, 6) is -4.32. The van der Waals surface area contributed by atoms with Crippen molar-refractivity contribution in [2.75, 3.05) is 30.9 Å². The van der Waals surface area contributed by atoms with Crippen molar-refractivity contribution in [1.82, 2.24) is 15.3 Å². The number of alkyl halides is 2. The van der Waals surface area contributed by atoms with E-state index in [-0.39, 0.29) is 12.1 Å². The molecule has 0 bridgehead atoms. The molecule has 4 rings (SSSR count). The van der Waals surface area contributed by atoms with Gasteiger partial charge in [-0.2, -0.15) is 4.98 Å². The number of halogens is 5. The number of nitrogens with zero attached hydrogens (tertiary/aromatic N) is 3. The zero-order valence-corrected chi connectivity index (χ0v) is 19.3. The Morgan fingerprint density at radius 1 is 1.00 bits per heavy atom. The molecule has 2 aliphatic carbocycles. The minimum absolute atomic E-state index is 0.0964. The number of hydrogen-bond donors (Lipinski definition) is 2. The first-order chi connectivity index (χ1) is 16.1. The van der Waals surface area contributed by atoms with Crippen molar-refractivity contribution in [3.8, 4) is 0 Å². The van der Waals surface area contributed by atoms with Crippen LogP contribution in [0.5, 0.6) is 0 Å². The number of nitrogens with one attached hydrogen (secondary N) is 2. The lowest BCUT2D eigenvalue weighted by Crippen LogP contribution is -2.44. The van der Waals surface area contributed by atoms with Crippen LogP contribution in [0.15, 0.2) is 47.3 Å². The van der Waals surface area contributed by atoms with E-state index >= 15 is 0 Å². The number of anilines is 2. The smallest absolute Gasteiger partial charge is 0.225 e. The molecule has 0 radical (unpaired) electrons. The van der Waals surface area contributed by atoms with Crippen LogP contribution in [0.3, 0.4) is 0 Å². The Labute approximate surface area is 195 Å². The van der Waals surface area contributed by atoms with E-state index < -0.39 is 41.4 Å². The van der Waals surface area contributed by atoms with Gasteiger partial charge in [-0.15, -0.1) is 0 Å². The summed E-state index contributed by atoms with van der Waals surface area (Å²) in [6.07, 6.45) is -0.0227. The average Bonchev–Trinajstić information content (AvgIpc) is 2.82. The highest BCUT2D eigenvalue weighted by molar-refractivity contribution is 5.90. The van der Waals surface area contributed by atoms with Gasteiger partial charge in [0.05, 0.1) is 5.52 Å². The summed E-state index contributed by atoms with van der Waals surface area (Å²) >= 11 is 0. The number of benzene rings is 1. The zero-order valence-electron chi connectivity index (χ0n) is 19.3. The number of allylic oxidation sites excluding steroid dienone is 3. The summed E-state index contributed by atoms with van der Waals surface area (Å²) in [5, 5.41) is 7.32. The van der Waals surface area contributed by atoms with Gasteiger partial charge in [0.1, 0.15) is 5.82 Å². The first-order valence-electron chi connectivity index (χ1n) is 11.3. The van der Waals surface area contributed by atoms with Gasteiger partial charge in [0.2, 0.25) is 5.95 Å². The predicted molar refractivity (Wildman–Crippen MR) is 123 cm³/mol. The fourth-order valence-corrected chi connectivity index (χ4v) is 4.54. The highest BCUT2D eigenvalue weighted by Gasteiger charge is 2.49. The normalized spacial score (nSPS) is 27.9. The molecule has 1 aromatic heterocycles. The maximum atomic E-state index is 14.7. The molecule has 0 saturated heterocycles. The maximum Gasteiger partial charge on any atom is 0.225 e. The van der Waals surface area contributed by atoms with Gasteiger partial charge in [0, 0.05) is 43.7 Å². The minimum Gasteiger partial charge on any atom is -0.362 e. The topological polar surface area (TPSA) is 53.1 Å². The molecule has 0 spiro atoms. The van der Waals surface area contributed by atoms with E-state index in [9.17, 15) is 22.0 Å². The Morgan fingerprint density at radius 2 is 1.65 bits per heavy atom. The molecule has 10 heteroatoms. The second-order valence-corrected chi connectivity index (χ2v) is 9.25. The zero-order chi connectivity index (χ0) is 24.6. The lowest BCUT2D eigenvalue weighted by molar-refractivity contribution is 0.0929. The van der Waals surface area contributed by atoms with Gasteiger partial charge in [-0.3, -0.25) is 0 Å². The van der Waals surface area contributed by atoms with Crippen LogP contribution < -0.4 is 15.5 Å². The van der Waals surface area contributed by atoms with E-state index in [1.165, 1.54) is 0 Å². The van der Waals surface area contributed by atoms with Gasteiger partial charge in [0.15, 0.2) is 29.3 Å². The van der Waals surface area contributed by atoms with E-state index in [0.717, 1.165) is 36.5 Å². The number of para-hydroxylation sites is 1. The summed E-state index contributed by atoms with van der Waals surface area (Å²) in [5.41, 5.74) is -2.85. The SMILES string of the molecule is CN(C)c1nc(NC2CCC(NCC3=C(F)C(F)=C(F)C(F)C3(C)F)CC2)nc2ccccc12. The highest BCUT2D eigenvalue weighted by atomic mass is 19.2. The molecule has 0 amide bonds. The highest BCUT2D eigenvalue weighted by Crippen LogP contribution is 2.43. The Hall–Kier alpha value is -2.75. The van der Waals surface area contributed by atoms with Crippen LogP contribution in [-0.2, 0) is 0 Å². The monoisotopic (exact) mass is 481 g/mol. The van der Waals surface area contributed by atoms with Crippen LogP contribution in [-0.4, -0.2) is 54.5 Å². The number of aromatic nitrogens is 2. The van der Waals surface area contributed by atoms with Gasteiger partial charge in [0.25, 0.3) is 0 Å². The van der Waals surface area contributed by atoms with E-state index in [0.29, 0.717) is 18.8 Å². The third-order valence-corrected chi connectivity index (χ3v) is 6.59. The minimum atomic E-state index is -2.95. The molecule has 34 heavy (non-hydrogen) atoms. The van der Waals surface area contributed by atoms with Crippen LogP contribution in [0, 0.1) is 0 Å². The number of rotatable bonds is 6. The Kier molecular flexibility index (Phi) is 6.80. The molecule has 0 aliphatic heterocycles. The summed E-state index contributed by atoms with van der Waals surface area (Å²) in [7, 11) is 3.84. The average molecular weight is 482 g/mol. The van der Waals surface area contributed by atoms with Crippen molar-refractivity contribution in [1.29, 1.82) is 0 Å². The molecule has 1 fully saturated rings. The Bertz CT molecular complexity index is 1120. The van der Waals surface area contributed by atoms with Crippen LogP contribution in [0.4, 0.5) is 33.7 Å². The summed E-state index contributed by atoms with van der Waals surface area (Å²) in [6, 6.07) is 7.77. The van der Waals surface area contributed by atoms with Gasteiger partial charge in [-0.05, 0) is 44.7 Å². The second kappa shape index (κ2) is 9.48. The van der Waals surface area contributed by atoms with Crippen molar-refractivity contribution in [2.24, 2.45) is 0 Å². The molecular weight excluding hydrogens is 453 g/mol. The Morgan fingerprint density at radius 3 is 2.32 bits per heavy atom. The Balaban J connectivity index is 1.37. The lowest BCUT2D eigenvalue weighted by Gasteiger charge is -2.33. The van der Waals surface area contributed by atoms with E-state index in [4.69, 9.17) is 0 Å². The van der Waals surface area contributed by atoms with Crippen LogP contribution >= 0.6 is 0 Å². The second-order valence-electron chi connectivity index (χ2n) is 9.25. The quantitative estimate of drug-likeness (QED) is 0.537. The molecule has 1 aromatic carbocycles. The van der Waals surface area contributed by atoms with Crippen LogP contribution in [0.25, 0.3) is 10.9 Å². The molecule has 2 N–H and O–H groups in total.